The zero-order valence-electron chi connectivity index (χ0n) is 13.3. The van der Waals surface area contributed by atoms with Crippen LogP contribution in [0, 0.1) is 12.8 Å². The first-order valence-corrected chi connectivity index (χ1v) is 9.03. The Bertz CT molecular complexity index is 572. The number of sulfonamides is 1. The first kappa shape index (κ1) is 16.5. The minimum absolute atomic E-state index is 0.183. The number of hydrogen-bond acceptors (Lipinski definition) is 4. The van der Waals surface area contributed by atoms with Crippen LogP contribution in [0.4, 0.5) is 0 Å². The van der Waals surface area contributed by atoms with Gasteiger partial charge in [0.25, 0.3) is 10.0 Å². The molecule has 1 aliphatic heterocycles. The summed E-state index contributed by atoms with van der Waals surface area (Å²) in [6.45, 7) is 9.80. The van der Waals surface area contributed by atoms with Gasteiger partial charge in [0.1, 0.15) is 0 Å². The lowest BCUT2D eigenvalue weighted by atomic mass is 10.0. The zero-order chi connectivity index (χ0) is 15.6. The van der Waals surface area contributed by atoms with Crippen LogP contribution < -0.4 is 5.32 Å². The number of rotatable bonds is 5. The van der Waals surface area contributed by atoms with E-state index in [1.54, 1.807) is 4.31 Å². The Morgan fingerprint density at radius 3 is 2.57 bits per heavy atom. The topological polar surface area (TPSA) is 78.1 Å². The third-order valence-electron chi connectivity index (χ3n) is 4.05. The van der Waals surface area contributed by atoms with Crippen LogP contribution >= 0.6 is 0 Å². The number of piperidine rings is 1. The van der Waals surface area contributed by atoms with E-state index in [-0.39, 0.29) is 5.03 Å². The molecule has 7 heteroatoms. The van der Waals surface area contributed by atoms with Crippen molar-refractivity contribution in [2.24, 2.45) is 5.92 Å². The van der Waals surface area contributed by atoms with Gasteiger partial charge in [-0.3, -0.25) is 5.10 Å². The van der Waals surface area contributed by atoms with E-state index >= 15 is 0 Å². The summed E-state index contributed by atoms with van der Waals surface area (Å²) in [6.07, 6.45) is 1.84. The number of aromatic amines is 1. The maximum Gasteiger partial charge on any atom is 0.262 e. The molecule has 1 fully saturated rings. The summed E-state index contributed by atoms with van der Waals surface area (Å²) < 4.78 is 27.1. The van der Waals surface area contributed by atoms with Crippen molar-refractivity contribution >= 4 is 10.0 Å². The van der Waals surface area contributed by atoms with Gasteiger partial charge >= 0.3 is 0 Å². The Balaban J connectivity index is 2.24. The molecule has 0 aliphatic carbocycles. The summed E-state index contributed by atoms with van der Waals surface area (Å²) in [5.41, 5.74) is 1.56. The summed E-state index contributed by atoms with van der Waals surface area (Å²) in [4.78, 5) is 0. The summed E-state index contributed by atoms with van der Waals surface area (Å²) in [5, 5.41) is 10.3. The van der Waals surface area contributed by atoms with Crippen molar-refractivity contribution in [3.05, 3.63) is 11.3 Å². The smallest absolute Gasteiger partial charge is 0.262 e. The highest BCUT2D eigenvalue weighted by Gasteiger charge is 2.32. The number of H-pyrrole nitrogens is 1. The van der Waals surface area contributed by atoms with Gasteiger partial charge in [0.15, 0.2) is 5.03 Å². The minimum atomic E-state index is -3.49. The summed E-state index contributed by atoms with van der Waals surface area (Å²) in [7, 11) is -3.49. The van der Waals surface area contributed by atoms with E-state index in [0.717, 1.165) is 24.1 Å². The molecule has 1 saturated heterocycles. The van der Waals surface area contributed by atoms with E-state index in [1.807, 2.05) is 20.8 Å². The molecular weight excluding hydrogens is 288 g/mol. The maximum absolute atomic E-state index is 12.8. The van der Waals surface area contributed by atoms with Gasteiger partial charge in [0.05, 0.1) is 0 Å². The van der Waals surface area contributed by atoms with E-state index in [9.17, 15) is 8.42 Å². The van der Waals surface area contributed by atoms with Gasteiger partial charge in [-0.25, -0.2) is 8.42 Å². The van der Waals surface area contributed by atoms with Crippen LogP contribution in [0.1, 0.15) is 44.9 Å². The number of hydrogen-bond donors (Lipinski definition) is 2. The molecule has 0 radical (unpaired) electrons. The second-order valence-electron chi connectivity index (χ2n) is 6.25. The monoisotopic (exact) mass is 314 g/mol. The number of nitrogens with zero attached hydrogens (tertiary/aromatic N) is 2. The molecule has 1 aromatic heterocycles. The fourth-order valence-corrected chi connectivity index (χ4v) is 4.14. The SMILES string of the molecule is Cc1[nH]nc(S(=O)(=O)N2CCC(C)CC2)c1CNC(C)C. The van der Waals surface area contributed by atoms with E-state index in [2.05, 4.69) is 22.4 Å². The molecule has 2 N–H and O–H groups in total. The fraction of sp³-hybridized carbons (Fsp3) is 0.786. The summed E-state index contributed by atoms with van der Waals surface area (Å²) in [6, 6.07) is 0.297. The van der Waals surface area contributed by atoms with Crippen LogP contribution in [-0.2, 0) is 16.6 Å². The lowest BCUT2D eigenvalue weighted by Gasteiger charge is -2.29. The predicted molar refractivity (Wildman–Crippen MR) is 82.5 cm³/mol. The fourth-order valence-electron chi connectivity index (χ4n) is 2.51. The van der Waals surface area contributed by atoms with Crippen LogP contribution in [0.3, 0.4) is 0 Å². The molecule has 0 unspecified atom stereocenters. The minimum Gasteiger partial charge on any atom is -0.310 e. The van der Waals surface area contributed by atoms with Crippen LogP contribution in [-0.4, -0.2) is 42.1 Å². The van der Waals surface area contributed by atoms with Gasteiger partial charge in [-0.1, -0.05) is 20.8 Å². The van der Waals surface area contributed by atoms with Crippen molar-refractivity contribution in [3.8, 4) is 0 Å². The van der Waals surface area contributed by atoms with E-state index < -0.39 is 10.0 Å². The first-order chi connectivity index (χ1) is 9.82. The highest BCUT2D eigenvalue weighted by atomic mass is 32.2. The molecule has 0 bridgehead atoms. The molecule has 2 rings (SSSR count). The van der Waals surface area contributed by atoms with Gasteiger partial charge in [-0.05, 0) is 25.7 Å². The second-order valence-corrected chi connectivity index (χ2v) is 8.11. The van der Waals surface area contributed by atoms with Crippen molar-refractivity contribution in [3.63, 3.8) is 0 Å². The standard InChI is InChI=1S/C14H26N4O2S/c1-10(2)15-9-13-12(4)16-17-14(13)21(19,20)18-7-5-11(3)6-8-18/h10-11,15H,5-9H2,1-4H3,(H,16,17). The van der Waals surface area contributed by atoms with Gasteiger partial charge in [0.2, 0.25) is 0 Å². The Morgan fingerprint density at radius 2 is 2.00 bits per heavy atom. The Kier molecular flexibility index (Phi) is 5.06. The molecule has 6 nitrogen and oxygen atoms in total. The molecule has 0 atom stereocenters. The molecule has 0 spiro atoms. The molecule has 0 amide bonds. The average Bonchev–Trinajstić information content (AvgIpc) is 2.78. The van der Waals surface area contributed by atoms with Crippen molar-refractivity contribution in [1.29, 1.82) is 0 Å². The van der Waals surface area contributed by atoms with Crippen LogP contribution in [0.15, 0.2) is 5.03 Å². The molecule has 0 aromatic carbocycles. The predicted octanol–water partition coefficient (Wildman–Crippen LogP) is 1.64. The molecular formula is C14H26N4O2S. The van der Waals surface area contributed by atoms with Gasteiger partial charge in [-0.15, -0.1) is 0 Å². The van der Waals surface area contributed by atoms with E-state index in [0.29, 0.717) is 31.6 Å². The lowest BCUT2D eigenvalue weighted by molar-refractivity contribution is 0.287. The van der Waals surface area contributed by atoms with Gasteiger partial charge < -0.3 is 5.32 Å². The largest absolute Gasteiger partial charge is 0.310 e. The normalized spacial score (nSPS) is 18.5. The molecule has 0 saturated carbocycles. The molecule has 1 aliphatic rings. The third-order valence-corrected chi connectivity index (χ3v) is 5.92. The molecule has 120 valence electrons. The quantitative estimate of drug-likeness (QED) is 0.866. The Morgan fingerprint density at radius 1 is 1.38 bits per heavy atom. The van der Waals surface area contributed by atoms with Crippen LogP contribution in [0.2, 0.25) is 0 Å². The Hall–Kier alpha value is -0.920. The van der Waals surface area contributed by atoms with Crippen molar-refractivity contribution in [2.75, 3.05) is 13.1 Å². The highest BCUT2D eigenvalue weighted by molar-refractivity contribution is 7.89. The van der Waals surface area contributed by atoms with Crippen LogP contribution in [0.5, 0.6) is 0 Å². The average molecular weight is 314 g/mol. The van der Waals surface area contributed by atoms with Crippen molar-refractivity contribution in [2.45, 2.75) is 58.1 Å². The first-order valence-electron chi connectivity index (χ1n) is 7.59. The zero-order valence-corrected chi connectivity index (χ0v) is 14.1. The molecule has 21 heavy (non-hydrogen) atoms. The number of aryl methyl sites for hydroxylation is 1. The third kappa shape index (κ3) is 3.64. The molecule has 2 heterocycles. The Labute approximate surface area is 127 Å². The summed E-state index contributed by atoms with van der Waals surface area (Å²) in [5.74, 6) is 0.597. The van der Waals surface area contributed by atoms with Gasteiger partial charge in [-0.2, -0.15) is 9.40 Å². The highest BCUT2D eigenvalue weighted by Crippen LogP contribution is 2.25. The van der Waals surface area contributed by atoms with Crippen molar-refractivity contribution in [1.82, 2.24) is 19.8 Å². The number of aromatic nitrogens is 2. The molecule has 1 aromatic rings. The number of nitrogens with one attached hydrogen (secondary N) is 2. The van der Waals surface area contributed by atoms with E-state index in [1.165, 1.54) is 0 Å². The lowest BCUT2D eigenvalue weighted by Crippen LogP contribution is -2.38. The summed E-state index contributed by atoms with van der Waals surface area (Å²) >= 11 is 0. The van der Waals surface area contributed by atoms with Crippen molar-refractivity contribution < 1.29 is 8.42 Å². The van der Waals surface area contributed by atoms with Gasteiger partial charge in [0, 0.05) is 36.9 Å². The maximum atomic E-state index is 12.8. The second kappa shape index (κ2) is 6.46. The van der Waals surface area contributed by atoms with Crippen LogP contribution in [0.25, 0.3) is 0 Å². The van der Waals surface area contributed by atoms with E-state index in [4.69, 9.17) is 0 Å².